The molecule has 1 fully saturated rings. The Balaban J connectivity index is 1.47. The number of amides is 1. The standard InChI is InChI=1S/C18H22N4O5S2/c1-27-18(24)16-15(5-11-28-16)29(25,26)21-9-7-20(8-10-21)17(23)13-12-19-22-6-3-2-4-14(13)22/h5,11-12H,2-4,6-10H2,1H3. The molecule has 0 bridgehead atoms. The lowest BCUT2D eigenvalue weighted by atomic mass is 10.1. The number of hydrogen-bond acceptors (Lipinski definition) is 7. The monoisotopic (exact) mass is 438 g/mol. The van der Waals surface area contributed by atoms with Crippen LogP contribution in [0.3, 0.4) is 0 Å². The highest BCUT2D eigenvalue weighted by molar-refractivity contribution is 7.89. The summed E-state index contributed by atoms with van der Waals surface area (Å²) in [5.74, 6) is -0.769. The molecule has 0 unspecified atom stereocenters. The maximum atomic E-state index is 13.0. The van der Waals surface area contributed by atoms with Crippen molar-refractivity contribution in [3.05, 3.63) is 33.8 Å². The molecule has 4 heterocycles. The van der Waals surface area contributed by atoms with Crippen LogP contribution in [0, 0.1) is 0 Å². The number of carbonyl (C=O) groups is 2. The molecule has 0 saturated carbocycles. The molecule has 156 valence electrons. The van der Waals surface area contributed by atoms with Gasteiger partial charge in [-0.1, -0.05) is 0 Å². The predicted molar refractivity (Wildman–Crippen MR) is 105 cm³/mol. The van der Waals surface area contributed by atoms with Crippen LogP contribution in [-0.4, -0.2) is 72.6 Å². The van der Waals surface area contributed by atoms with Gasteiger partial charge in [0.15, 0.2) is 0 Å². The summed E-state index contributed by atoms with van der Waals surface area (Å²) < 4.78 is 33.9. The van der Waals surface area contributed by atoms with Crippen LogP contribution >= 0.6 is 11.3 Å². The summed E-state index contributed by atoms with van der Waals surface area (Å²) in [5, 5.41) is 5.87. The highest BCUT2D eigenvalue weighted by Crippen LogP contribution is 2.27. The Labute approximate surface area is 172 Å². The van der Waals surface area contributed by atoms with Crippen molar-refractivity contribution in [1.29, 1.82) is 0 Å². The third kappa shape index (κ3) is 3.58. The number of piperazine rings is 1. The van der Waals surface area contributed by atoms with Crippen LogP contribution < -0.4 is 0 Å². The number of hydrogen-bond donors (Lipinski definition) is 0. The minimum atomic E-state index is -3.83. The number of nitrogens with zero attached hydrogens (tertiary/aromatic N) is 4. The van der Waals surface area contributed by atoms with Gasteiger partial charge in [0.05, 0.1) is 24.6 Å². The molecule has 1 saturated heterocycles. The van der Waals surface area contributed by atoms with E-state index in [1.165, 1.54) is 17.5 Å². The van der Waals surface area contributed by atoms with E-state index in [4.69, 9.17) is 0 Å². The number of sulfonamides is 1. The highest BCUT2D eigenvalue weighted by Gasteiger charge is 2.34. The van der Waals surface area contributed by atoms with E-state index < -0.39 is 16.0 Å². The number of rotatable bonds is 4. The second-order valence-electron chi connectivity index (χ2n) is 6.99. The van der Waals surface area contributed by atoms with E-state index in [1.54, 1.807) is 16.5 Å². The molecule has 2 aromatic heterocycles. The number of fused-ring (bicyclic) bond motifs is 1. The lowest BCUT2D eigenvalue weighted by Crippen LogP contribution is -2.50. The Bertz CT molecular complexity index is 1030. The zero-order valence-electron chi connectivity index (χ0n) is 16.0. The zero-order chi connectivity index (χ0) is 20.6. The van der Waals surface area contributed by atoms with Gasteiger partial charge in [-0.05, 0) is 30.7 Å². The molecule has 0 aliphatic carbocycles. The summed E-state index contributed by atoms with van der Waals surface area (Å²) in [4.78, 5) is 26.5. The minimum Gasteiger partial charge on any atom is -0.465 e. The summed E-state index contributed by atoms with van der Waals surface area (Å²) in [6.45, 7) is 1.76. The zero-order valence-corrected chi connectivity index (χ0v) is 17.7. The van der Waals surface area contributed by atoms with Crippen molar-refractivity contribution in [2.24, 2.45) is 0 Å². The Kier molecular flexibility index (Phi) is 5.45. The molecular formula is C18H22N4O5S2. The van der Waals surface area contributed by atoms with Crippen LogP contribution in [0.1, 0.15) is 38.6 Å². The van der Waals surface area contributed by atoms with E-state index in [1.807, 2.05) is 4.68 Å². The largest absolute Gasteiger partial charge is 0.465 e. The first-order valence-corrected chi connectivity index (χ1v) is 11.8. The molecule has 1 amide bonds. The van der Waals surface area contributed by atoms with Crippen molar-refractivity contribution >= 4 is 33.2 Å². The first kappa shape index (κ1) is 20.0. The van der Waals surface area contributed by atoms with Gasteiger partial charge in [-0.2, -0.15) is 9.40 Å². The highest BCUT2D eigenvalue weighted by atomic mass is 32.2. The topological polar surface area (TPSA) is 102 Å². The van der Waals surface area contributed by atoms with Gasteiger partial charge in [-0.15, -0.1) is 11.3 Å². The number of methoxy groups -OCH3 is 1. The van der Waals surface area contributed by atoms with Crippen LogP contribution in [0.25, 0.3) is 0 Å². The fourth-order valence-electron chi connectivity index (χ4n) is 3.78. The first-order chi connectivity index (χ1) is 13.9. The van der Waals surface area contributed by atoms with Crippen LogP contribution in [0.2, 0.25) is 0 Å². The molecule has 29 heavy (non-hydrogen) atoms. The van der Waals surface area contributed by atoms with Gasteiger partial charge in [0.25, 0.3) is 5.91 Å². The molecular weight excluding hydrogens is 416 g/mol. The first-order valence-electron chi connectivity index (χ1n) is 9.43. The quantitative estimate of drug-likeness (QED) is 0.665. The SMILES string of the molecule is COC(=O)c1sccc1S(=O)(=O)N1CCN(C(=O)c2cnn3c2CCCC3)CC1. The normalized spacial score (nSPS) is 17.8. The molecule has 2 aromatic rings. The second kappa shape index (κ2) is 7.88. The van der Waals surface area contributed by atoms with E-state index in [2.05, 4.69) is 9.84 Å². The number of aromatic nitrogens is 2. The van der Waals surface area contributed by atoms with Crippen LogP contribution in [0.5, 0.6) is 0 Å². The maximum Gasteiger partial charge on any atom is 0.349 e. The average molecular weight is 439 g/mol. The van der Waals surface area contributed by atoms with Crippen molar-refractivity contribution in [1.82, 2.24) is 19.0 Å². The summed E-state index contributed by atoms with van der Waals surface area (Å²) in [7, 11) is -2.61. The van der Waals surface area contributed by atoms with Crippen molar-refractivity contribution in [2.45, 2.75) is 30.7 Å². The Morgan fingerprint density at radius 3 is 2.62 bits per heavy atom. The molecule has 0 N–H and O–H groups in total. The summed E-state index contributed by atoms with van der Waals surface area (Å²) in [6.07, 6.45) is 4.57. The van der Waals surface area contributed by atoms with Crippen molar-refractivity contribution < 1.29 is 22.7 Å². The van der Waals surface area contributed by atoms with Crippen molar-refractivity contribution in [3.8, 4) is 0 Å². The lowest BCUT2D eigenvalue weighted by Gasteiger charge is -2.34. The predicted octanol–water partition coefficient (Wildman–Crippen LogP) is 1.21. The molecule has 0 radical (unpaired) electrons. The summed E-state index contributed by atoms with van der Waals surface area (Å²) in [6, 6.07) is 1.42. The summed E-state index contributed by atoms with van der Waals surface area (Å²) >= 11 is 1.04. The Morgan fingerprint density at radius 2 is 1.90 bits per heavy atom. The van der Waals surface area contributed by atoms with Gasteiger partial charge in [-0.25, -0.2) is 13.2 Å². The van der Waals surface area contributed by atoms with Gasteiger partial charge < -0.3 is 9.64 Å². The molecule has 2 aliphatic heterocycles. The van der Waals surface area contributed by atoms with Gasteiger partial charge in [0.2, 0.25) is 10.0 Å². The van der Waals surface area contributed by atoms with Gasteiger partial charge in [-0.3, -0.25) is 9.48 Å². The smallest absolute Gasteiger partial charge is 0.349 e. The second-order valence-corrected chi connectivity index (χ2v) is 9.81. The van der Waals surface area contributed by atoms with Crippen molar-refractivity contribution in [3.63, 3.8) is 0 Å². The molecule has 4 rings (SSSR count). The fraction of sp³-hybridized carbons (Fsp3) is 0.500. The number of aryl methyl sites for hydroxylation is 1. The molecule has 0 atom stereocenters. The van der Waals surface area contributed by atoms with Crippen LogP contribution in [-0.2, 0) is 27.7 Å². The number of thiophene rings is 1. The van der Waals surface area contributed by atoms with Gasteiger partial charge in [0, 0.05) is 32.7 Å². The minimum absolute atomic E-state index is 0.0418. The van der Waals surface area contributed by atoms with Crippen LogP contribution in [0.4, 0.5) is 0 Å². The van der Waals surface area contributed by atoms with Crippen LogP contribution in [0.15, 0.2) is 22.5 Å². The molecule has 2 aliphatic rings. The van der Waals surface area contributed by atoms with E-state index >= 15 is 0 Å². The van der Waals surface area contributed by atoms with Gasteiger partial charge in [0.1, 0.15) is 9.77 Å². The Hall–Kier alpha value is -2.24. The maximum absolute atomic E-state index is 13.0. The summed E-state index contributed by atoms with van der Waals surface area (Å²) in [5.41, 5.74) is 1.59. The molecule has 11 heteroatoms. The van der Waals surface area contributed by atoms with Crippen molar-refractivity contribution in [2.75, 3.05) is 33.3 Å². The molecule has 9 nitrogen and oxygen atoms in total. The third-order valence-electron chi connectivity index (χ3n) is 5.36. The van der Waals surface area contributed by atoms with E-state index in [9.17, 15) is 18.0 Å². The number of ether oxygens (including phenoxy) is 1. The lowest BCUT2D eigenvalue weighted by molar-refractivity contribution is 0.0602. The Morgan fingerprint density at radius 1 is 1.14 bits per heavy atom. The average Bonchev–Trinajstić information content (AvgIpc) is 3.40. The van der Waals surface area contributed by atoms with E-state index in [-0.39, 0.29) is 28.8 Å². The van der Waals surface area contributed by atoms with E-state index in [0.29, 0.717) is 18.7 Å². The molecule has 0 aromatic carbocycles. The number of carbonyl (C=O) groups excluding carboxylic acids is 2. The van der Waals surface area contributed by atoms with E-state index in [0.717, 1.165) is 42.8 Å². The fourth-order valence-corrected chi connectivity index (χ4v) is 6.51. The third-order valence-corrected chi connectivity index (χ3v) is 8.32. The molecule has 0 spiro atoms. The van der Waals surface area contributed by atoms with Gasteiger partial charge >= 0.3 is 5.97 Å². The number of esters is 1.